The molecule has 1 fully saturated rings. The van der Waals surface area contributed by atoms with Crippen LogP contribution in [-0.2, 0) is 18.4 Å². The Hall–Kier alpha value is -2.40. The van der Waals surface area contributed by atoms with Gasteiger partial charge in [0, 0.05) is 25.0 Å². The van der Waals surface area contributed by atoms with Crippen molar-refractivity contribution in [3.8, 4) is 0 Å². The summed E-state index contributed by atoms with van der Waals surface area (Å²) in [6.07, 6.45) is 7.99. The molecule has 1 aromatic carbocycles. The molecule has 5 heteroatoms. The predicted molar refractivity (Wildman–Crippen MR) is 97.7 cm³/mol. The highest BCUT2D eigenvalue weighted by atomic mass is 16.5. The first kappa shape index (κ1) is 17.4. The number of aryl methyl sites for hydroxylation is 1. The second kappa shape index (κ2) is 8.12. The number of benzene rings is 1. The first-order valence-corrected chi connectivity index (χ1v) is 8.80. The van der Waals surface area contributed by atoms with Crippen molar-refractivity contribution in [1.82, 2.24) is 4.57 Å². The molecule has 0 bridgehead atoms. The highest BCUT2D eigenvalue weighted by molar-refractivity contribution is 6.04. The molecule has 25 heavy (non-hydrogen) atoms. The Morgan fingerprint density at radius 1 is 1.20 bits per heavy atom. The molecular formula is C20H24N2O3. The molecule has 0 atom stereocenters. The lowest BCUT2D eigenvalue weighted by molar-refractivity contribution is 0.0169. The molecule has 1 N–H and O–H groups in total. The van der Waals surface area contributed by atoms with Gasteiger partial charge < -0.3 is 14.6 Å². The van der Waals surface area contributed by atoms with Gasteiger partial charge in [-0.2, -0.15) is 0 Å². The lowest BCUT2D eigenvalue weighted by Gasteiger charge is -2.22. The SMILES string of the molecule is Cn1cc(C(=O)Nc2cccc(COC3CCCCC3)c2)ccc1=O. The zero-order chi connectivity index (χ0) is 17.6. The Bertz CT molecular complexity index is 792. The van der Waals surface area contributed by atoms with Crippen molar-refractivity contribution in [3.63, 3.8) is 0 Å². The van der Waals surface area contributed by atoms with Gasteiger partial charge in [-0.15, -0.1) is 0 Å². The predicted octanol–water partition coefficient (Wildman–Crippen LogP) is 3.49. The highest BCUT2D eigenvalue weighted by Crippen LogP contribution is 2.22. The van der Waals surface area contributed by atoms with E-state index in [0.29, 0.717) is 18.3 Å². The van der Waals surface area contributed by atoms with E-state index < -0.39 is 0 Å². The van der Waals surface area contributed by atoms with Crippen molar-refractivity contribution >= 4 is 11.6 Å². The van der Waals surface area contributed by atoms with E-state index in [4.69, 9.17) is 4.74 Å². The molecule has 3 rings (SSSR count). The smallest absolute Gasteiger partial charge is 0.257 e. The molecule has 0 radical (unpaired) electrons. The molecule has 0 saturated heterocycles. The van der Waals surface area contributed by atoms with Crippen LogP contribution < -0.4 is 10.9 Å². The van der Waals surface area contributed by atoms with E-state index in [1.54, 1.807) is 7.05 Å². The standard InChI is InChI=1S/C20H24N2O3/c1-22-13-16(10-11-19(22)23)20(24)21-17-7-5-6-15(12-17)14-25-18-8-3-2-4-9-18/h5-7,10-13,18H,2-4,8-9,14H2,1H3,(H,21,24). The molecule has 0 unspecified atom stereocenters. The number of carbonyl (C=O) groups excluding carboxylic acids is 1. The van der Waals surface area contributed by atoms with E-state index in [2.05, 4.69) is 5.32 Å². The summed E-state index contributed by atoms with van der Waals surface area (Å²) in [4.78, 5) is 23.8. The van der Waals surface area contributed by atoms with Crippen molar-refractivity contribution in [2.75, 3.05) is 5.32 Å². The van der Waals surface area contributed by atoms with E-state index in [-0.39, 0.29) is 11.5 Å². The minimum Gasteiger partial charge on any atom is -0.374 e. The summed E-state index contributed by atoms with van der Waals surface area (Å²) in [6.45, 7) is 0.564. The number of hydrogen-bond acceptors (Lipinski definition) is 3. The van der Waals surface area contributed by atoms with E-state index >= 15 is 0 Å². The van der Waals surface area contributed by atoms with Crippen LogP contribution in [0.5, 0.6) is 0 Å². The fourth-order valence-electron chi connectivity index (χ4n) is 3.12. The van der Waals surface area contributed by atoms with Gasteiger partial charge in [-0.1, -0.05) is 31.4 Å². The van der Waals surface area contributed by atoms with Gasteiger partial charge in [-0.05, 0) is 36.6 Å². The Balaban J connectivity index is 1.61. The van der Waals surface area contributed by atoms with Gasteiger partial charge in [-0.25, -0.2) is 0 Å². The summed E-state index contributed by atoms with van der Waals surface area (Å²) in [6, 6.07) is 10.6. The Morgan fingerprint density at radius 2 is 2.00 bits per heavy atom. The maximum atomic E-state index is 12.3. The topological polar surface area (TPSA) is 60.3 Å². The Kier molecular flexibility index (Phi) is 5.66. The molecule has 0 spiro atoms. The third-order valence-electron chi connectivity index (χ3n) is 4.57. The van der Waals surface area contributed by atoms with Crippen LogP contribution in [0, 0.1) is 0 Å². The summed E-state index contributed by atoms with van der Waals surface area (Å²) in [7, 11) is 1.63. The highest BCUT2D eigenvalue weighted by Gasteiger charge is 2.14. The van der Waals surface area contributed by atoms with Crippen molar-refractivity contribution < 1.29 is 9.53 Å². The van der Waals surface area contributed by atoms with Crippen molar-refractivity contribution in [3.05, 3.63) is 64.1 Å². The number of carbonyl (C=O) groups is 1. The minimum atomic E-state index is -0.235. The van der Waals surface area contributed by atoms with Crippen LogP contribution in [0.15, 0.2) is 47.4 Å². The molecule has 1 heterocycles. The molecular weight excluding hydrogens is 316 g/mol. The van der Waals surface area contributed by atoms with E-state index in [9.17, 15) is 9.59 Å². The van der Waals surface area contributed by atoms with Crippen LogP contribution in [0.3, 0.4) is 0 Å². The third-order valence-corrected chi connectivity index (χ3v) is 4.57. The third kappa shape index (κ3) is 4.79. The maximum Gasteiger partial charge on any atom is 0.257 e. The molecule has 2 aromatic rings. The largest absolute Gasteiger partial charge is 0.374 e. The summed E-state index contributed by atoms with van der Waals surface area (Å²) < 4.78 is 7.38. The van der Waals surface area contributed by atoms with Gasteiger partial charge >= 0.3 is 0 Å². The average Bonchev–Trinajstić information content (AvgIpc) is 2.63. The van der Waals surface area contributed by atoms with Gasteiger partial charge in [0.25, 0.3) is 5.91 Å². The van der Waals surface area contributed by atoms with Crippen LogP contribution >= 0.6 is 0 Å². The van der Waals surface area contributed by atoms with Crippen molar-refractivity contribution in [2.24, 2.45) is 7.05 Å². The number of nitrogens with zero attached hydrogens (tertiary/aromatic N) is 1. The van der Waals surface area contributed by atoms with E-state index in [0.717, 1.165) is 24.1 Å². The van der Waals surface area contributed by atoms with Gasteiger partial charge in [0.15, 0.2) is 0 Å². The second-order valence-electron chi connectivity index (χ2n) is 6.59. The zero-order valence-corrected chi connectivity index (χ0v) is 14.5. The number of pyridine rings is 1. The van der Waals surface area contributed by atoms with Crippen molar-refractivity contribution in [1.29, 1.82) is 0 Å². The first-order valence-electron chi connectivity index (χ1n) is 8.80. The number of nitrogens with one attached hydrogen (secondary N) is 1. The molecule has 1 aliphatic carbocycles. The summed E-state index contributed by atoms with van der Waals surface area (Å²) in [5, 5.41) is 2.87. The molecule has 1 saturated carbocycles. The number of amides is 1. The van der Waals surface area contributed by atoms with Crippen LogP contribution in [0.25, 0.3) is 0 Å². The number of ether oxygens (including phenoxy) is 1. The molecule has 132 valence electrons. The van der Waals surface area contributed by atoms with Gasteiger partial charge in [0.05, 0.1) is 18.3 Å². The number of aromatic nitrogens is 1. The quantitative estimate of drug-likeness (QED) is 0.906. The van der Waals surface area contributed by atoms with Crippen LogP contribution in [0.2, 0.25) is 0 Å². The van der Waals surface area contributed by atoms with Gasteiger partial charge in [0.2, 0.25) is 5.56 Å². The van der Waals surface area contributed by atoms with Gasteiger partial charge in [-0.3, -0.25) is 9.59 Å². The van der Waals surface area contributed by atoms with Gasteiger partial charge in [0.1, 0.15) is 0 Å². The summed E-state index contributed by atoms with van der Waals surface area (Å²) >= 11 is 0. The first-order chi connectivity index (χ1) is 12.1. The fourth-order valence-corrected chi connectivity index (χ4v) is 3.12. The molecule has 1 aliphatic rings. The average molecular weight is 340 g/mol. The molecule has 1 aromatic heterocycles. The van der Waals surface area contributed by atoms with Crippen LogP contribution in [0.1, 0.15) is 48.0 Å². The normalized spacial score (nSPS) is 15.1. The lowest BCUT2D eigenvalue weighted by atomic mass is 9.98. The molecule has 0 aliphatic heterocycles. The number of hydrogen-bond donors (Lipinski definition) is 1. The van der Waals surface area contributed by atoms with Crippen molar-refractivity contribution in [2.45, 2.75) is 44.8 Å². The fraction of sp³-hybridized carbons (Fsp3) is 0.400. The van der Waals surface area contributed by atoms with E-state index in [1.165, 1.54) is 42.2 Å². The zero-order valence-electron chi connectivity index (χ0n) is 14.5. The Morgan fingerprint density at radius 3 is 2.76 bits per heavy atom. The summed E-state index contributed by atoms with van der Waals surface area (Å²) in [5.41, 5.74) is 2.08. The molecule has 5 nitrogen and oxygen atoms in total. The second-order valence-corrected chi connectivity index (χ2v) is 6.59. The van der Waals surface area contributed by atoms with E-state index in [1.807, 2.05) is 24.3 Å². The van der Waals surface area contributed by atoms with Crippen LogP contribution in [0.4, 0.5) is 5.69 Å². The molecule has 1 amide bonds. The number of anilines is 1. The van der Waals surface area contributed by atoms with Crippen LogP contribution in [-0.4, -0.2) is 16.6 Å². The monoisotopic (exact) mass is 340 g/mol. The summed E-state index contributed by atoms with van der Waals surface area (Å²) in [5.74, 6) is -0.235. The number of rotatable bonds is 5. The lowest BCUT2D eigenvalue weighted by Crippen LogP contribution is -2.19. The Labute approximate surface area is 147 Å². The minimum absolute atomic E-state index is 0.140. The maximum absolute atomic E-state index is 12.3.